The summed E-state index contributed by atoms with van der Waals surface area (Å²) < 4.78 is 49.4. The van der Waals surface area contributed by atoms with Gasteiger partial charge in [0, 0.05) is 32.0 Å². The van der Waals surface area contributed by atoms with Crippen molar-refractivity contribution in [2.24, 2.45) is 0 Å². The molecule has 0 atom stereocenters. The Balaban J connectivity index is 2.22. The van der Waals surface area contributed by atoms with Gasteiger partial charge < -0.3 is 14.4 Å². The molecule has 0 N–H and O–H groups in total. The number of methoxy groups -OCH3 is 1. The van der Waals surface area contributed by atoms with Gasteiger partial charge in [-0.05, 0) is 19.9 Å². The zero-order valence-corrected chi connectivity index (χ0v) is 14.1. The van der Waals surface area contributed by atoms with Gasteiger partial charge in [0.2, 0.25) is 11.8 Å². The van der Waals surface area contributed by atoms with Crippen molar-refractivity contribution in [1.29, 1.82) is 0 Å². The highest BCUT2D eigenvalue weighted by atomic mass is 19.4. The number of carbonyl (C=O) groups is 1. The molecule has 0 aliphatic carbocycles. The van der Waals surface area contributed by atoms with Gasteiger partial charge in [-0.3, -0.25) is 0 Å². The zero-order chi connectivity index (χ0) is 18.8. The van der Waals surface area contributed by atoms with Crippen molar-refractivity contribution in [3.63, 3.8) is 0 Å². The average Bonchev–Trinajstić information content (AvgIpc) is 2.88. The van der Waals surface area contributed by atoms with Gasteiger partial charge in [0.15, 0.2) is 0 Å². The second-order valence-corrected chi connectivity index (χ2v) is 5.38. The summed E-state index contributed by atoms with van der Waals surface area (Å²) in [7, 11) is 2.99. The van der Waals surface area contributed by atoms with Gasteiger partial charge in [-0.25, -0.2) is 9.78 Å². The molecule has 1 amide bonds. The Morgan fingerprint density at radius 1 is 1.32 bits per heavy atom. The Morgan fingerprint density at radius 2 is 2.00 bits per heavy atom. The summed E-state index contributed by atoms with van der Waals surface area (Å²) in [5.41, 5.74) is -0.173. The first-order valence-electron chi connectivity index (χ1n) is 7.16. The Hall–Kier alpha value is -2.62. The van der Waals surface area contributed by atoms with Crippen LogP contribution in [0.3, 0.4) is 0 Å². The van der Waals surface area contributed by atoms with Gasteiger partial charge in [-0.15, -0.1) is 5.10 Å². The largest absolute Gasteiger partial charge is 0.419 e. The highest BCUT2D eigenvalue weighted by Gasteiger charge is 2.31. The van der Waals surface area contributed by atoms with Crippen LogP contribution in [0.1, 0.15) is 16.8 Å². The zero-order valence-electron chi connectivity index (χ0n) is 14.1. The van der Waals surface area contributed by atoms with E-state index in [-0.39, 0.29) is 24.1 Å². The number of amides is 1. The van der Waals surface area contributed by atoms with Crippen LogP contribution in [0.5, 0.6) is 11.8 Å². The standard InChI is InChI=1S/C15H17F3N4O3/c1-9-5-11(15(16,17)18)7-19-13(9)25-12-6-10(2)22(20-12)14(23)21(3)8-24-4/h5-7H,8H2,1-4H3. The van der Waals surface area contributed by atoms with Crippen LogP contribution in [0.15, 0.2) is 18.3 Å². The number of carbonyl (C=O) groups excluding carboxylic acids is 1. The van der Waals surface area contributed by atoms with E-state index in [1.54, 1.807) is 6.92 Å². The molecule has 0 fully saturated rings. The third kappa shape index (κ3) is 4.27. The van der Waals surface area contributed by atoms with Crippen LogP contribution in [0.2, 0.25) is 0 Å². The lowest BCUT2D eigenvalue weighted by molar-refractivity contribution is -0.137. The number of aromatic nitrogens is 3. The first kappa shape index (κ1) is 18.7. The van der Waals surface area contributed by atoms with Gasteiger partial charge in [0.25, 0.3) is 0 Å². The molecular formula is C15H17F3N4O3. The Morgan fingerprint density at radius 3 is 2.56 bits per heavy atom. The van der Waals surface area contributed by atoms with E-state index < -0.39 is 17.8 Å². The minimum atomic E-state index is -4.48. The van der Waals surface area contributed by atoms with Crippen molar-refractivity contribution < 1.29 is 27.4 Å². The average molecular weight is 358 g/mol. The normalized spacial score (nSPS) is 11.5. The van der Waals surface area contributed by atoms with Crippen molar-refractivity contribution >= 4 is 6.03 Å². The molecule has 0 aromatic carbocycles. The molecule has 0 aliphatic heterocycles. The third-order valence-corrected chi connectivity index (χ3v) is 3.25. The minimum Gasteiger partial charge on any atom is -0.419 e. The summed E-state index contributed by atoms with van der Waals surface area (Å²) in [6.45, 7) is 3.16. The van der Waals surface area contributed by atoms with E-state index in [2.05, 4.69) is 10.1 Å². The molecule has 0 saturated heterocycles. The molecule has 2 heterocycles. The fraction of sp³-hybridized carbons (Fsp3) is 0.400. The number of hydrogen-bond acceptors (Lipinski definition) is 5. The summed E-state index contributed by atoms with van der Waals surface area (Å²) in [5.74, 6) is 0.0300. The molecule has 0 unspecified atom stereocenters. The number of aryl methyl sites for hydroxylation is 2. The highest BCUT2D eigenvalue weighted by molar-refractivity contribution is 5.76. The quantitative estimate of drug-likeness (QED) is 0.785. The van der Waals surface area contributed by atoms with Gasteiger partial charge in [0.05, 0.1) is 11.3 Å². The molecule has 0 radical (unpaired) electrons. The van der Waals surface area contributed by atoms with E-state index in [0.717, 1.165) is 10.7 Å². The van der Waals surface area contributed by atoms with Gasteiger partial charge in [0.1, 0.15) is 6.73 Å². The third-order valence-electron chi connectivity index (χ3n) is 3.25. The second kappa shape index (κ2) is 7.09. The van der Waals surface area contributed by atoms with Crippen molar-refractivity contribution in [2.75, 3.05) is 20.9 Å². The highest BCUT2D eigenvalue weighted by Crippen LogP contribution is 2.32. The maximum atomic E-state index is 12.7. The lowest BCUT2D eigenvalue weighted by Crippen LogP contribution is -2.33. The predicted octanol–water partition coefficient (Wildman–Crippen LogP) is 3.21. The summed E-state index contributed by atoms with van der Waals surface area (Å²) in [4.78, 5) is 17.2. The summed E-state index contributed by atoms with van der Waals surface area (Å²) in [6, 6.07) is 1.98. The lowest BCUT2D eigenvalue weighted by Gasteiger charge is -2.15. The van der Waals surface area contributed by atoms with E-state index >= 15 is 0 Å². The van der Waals surface area contributed by atoms with Crippen LogP contribution in [0.4, 0.5) is 18.0 Å². The minimum absolute atomic E-state index is 0.0182. The van der Waals surface area contributed by atoms with Gasteiger partial charge in [-0.2, -0.15) is 17.9 Å². The summed E-state index contributed by atoms with van der Waals surface area (Å²) in [5, 5.41) is 4.01. The van der Waals surface area contributed by atoms with Crippen molar-refractivity contribution in [1.82, 2.24) is 19.7 Å². The fourth-order valence-electron chi connectivity index (χ4n) is 2.02. The second-order valence-electron chi connectivity index (χ2n) is 5.38. The molecule has 2 aromatic rings. The SMILES string of the molecule is COCN(C)C(=O)n1nc(Oc2ncc(C(F)(F)F)cc2C)cc1C. The molecule has 0 spiro atoms. The van der Waals surface area contributed by atoms with Crippen LogP contribution in [0.25, 0.3) is 0 Å². The number of ether oxygens (including phenoxy) is 2. The van der Waals surface area contributed by atoms with Gasteiger partial charge in [-0.1, -0.05) is 0 Å². The van der Waals surface area contributed by atoms with E-state index in [0.29, 0.717) is 11.9 Å². The van der Waals surface area contributed by atoms with Crippen LogP contribution < -0.4 is 4.74 Å². The Kier molecular flexibility index (Phi) is 5.31. The summed E-state index contributed by atoms with van der Waals surface area (Å²) in [6.07, 6.45) is -3.80. The lowest BCUT2D eigenvalue weighted by atomic mass is 10.2. The van der Waals surface area contributed by atoms with Crippen LogP contribution >= 0.6 is 0 Å². The molecule has 0 aliphatic rings. The predicted molar refractivity (Wildman–Crippen MR) is 81.4 cm³/mol. The van der Waals surface area contributed by atoms with Crippen LogP contribution in [-0.2, 0) is 10.9 Å². The van der Waals surface area contributed by atoms with Crippen molar-refractivity contribution in [2.45, 2.75) is 20.0 Å². The molecule has 25 heavy (non-hydrogen) atoms. The van der Waals surface area contributed by atoms with Crippen molar-refractivity contribution in [3.05, 3.63) is 35.2 Å². The molecule has 0 bridgehead atoms. The van der Waals surface area contributed by atoms with E-state index in [1.807, 2.05) is 0 Å². The van der Waals surface area contributed by atoms with Crippen molar-refractivity contribution in [3.8, 4) is 11.8 Å². The van der Waals surface area contributed by atoms with Crippen LogP contribution in [0, 0.1) is 13.8 Å². The monoisotopic (exact) mass is 358 g/mol. The number of alkyl halides is 3. The van der Waals surface area contributed by atoms with E-state index in [4.69, 9.17) is 9.47 Å². The Labute approximate surface area is 142 Å². The number of nitrogens with zero attached hydrogens (tertiary/aromatic N) is 4. The molecule has 2 aromatic heterocycles. The first-order chi connectivity index (χ1) is 11.6. The van der Waals surface area contributed by atoms with Crippen LogP contribution in [-0.4, -0.2) is 46.6 Å². The number of pyridine rings is 1. The molecule has 0 saturated carbocycles. The molecular weight excluding hydrogens is 341 g/mol. The molecule has 7 nitrogen and oxygen atoms in total. The maximum absolute atomic E-state index is 12.7. The first-order valence-corrected chi connectivity index (χ1v) is 7.16. The number of rotatable bonds is 4. The number of halogens is 3. The summed E-state index contributed by atoms with van der Waals surface area (Å²) >= 11 is 0. The molecule has 2 rings (SSSR count). The fourth-order valence-corrected chi connectivity index (χ4v) is 2.02. The molecule has 10 heteroatoms. The topological polar surface area (TPSA) is 69.5 Å². The maximum Gasteiger partial charge on any atom is 0.417 e. The van der Waals surface area contributed by atoms with E-state index in [9.17, 15) is 18.0 Å². The number of hydrogen-bond donors (Lipinski definition) is 0. The smallest absolute Gasteiger partial charge is 0.417 e. The van der Waals surface area contributed by atoms with Gasteiger partial charge >= 0.3 is 12.2 Å². The van der Waals surface area contributed by atoms with E-state index in [1.165, 1.54) is 32.0 Å². The molecule has 136 valence electrons. The Bertz CT molecular complexity index is 774.